The largest absolute Gasteiger partial charge is 0.480 e. The monoisotopic (exact) mass is 251 g/mol. The highest BCUT2D eigenvalue weighted by Gasteiger charge is 2.28. The Morgan fingerprint density at radius 1 is 1.33 bits per heavy atom. The fourth-order valence-electron chi connectivity index (χ4n) is 2.04. The summed E-state index contributed by atoms with van der Waals surface area (Å²) >= 11 is 0. The number of rotatable bonds is 4. The predicted molar refractivity (Wildman–Crippen MR) is 65.0 cm³/mol. The Morgan fingerprint density at radius 2 is 2.00 bits per heavy atom. The van der Waals surface area contributed by atoms with Gasteiger partial charge in [0, 0.05) is 13.1 Å². The molecule has 5 heteroatoms. The molecule has 5 nitrogen and oxygen atoms in total. The first-order valence-electron chi connectivity index (χ1n) is 5.94. The van der Waals surface area contributed by atoms with Crippen LogP contribution >= 0.6 is 0 Å². The number of aliphatic hydroxyl groups excluding tert-OH is 1. The number of aliphatic carboxylic acids is 1. The van der Waals surface area contributed by atoms with Crippen molar-refractivity contribution in [3.63, 3.8) is 0 Å². The summed E-state index contributed by atoms with van der Waals surface area (Å²) in [6.45, 7) is 2.04. The highest BCUT2D eigenvalue weighted by molar-refractivity contribution is 5.73. The van der Waals surface area contributed by atoms with Crippen molar-refractivity contribution in [1.82, 2.24) is 4.90 Å². The van der Waals surface area contributed by atoms with Crippen molar-refractivity contribution >= 4 is 5.97 Å². The zero-order valence-electron chi connectivity index (χ0n) is 10.1. The normalized spacial score (nSPS) is 20.8. The number of ether oxygens (including phenoxy) is 1. The summed E-state index contributed by atoms with van der Waals surface area (Å²) in [6.07, 6.45) is 0. The molecule has 1 heterocycles. The Bertz CT molecular complexity index is 404. The molecule has 1 saturated heterocycles. The standard InChI is InChI=1S/C13H17NO4/c15-8-11-3-1-10(2-4-11)7-14-5-6-18-9-12(14)13(16)17/h1-4,12,15H,5-9H2,(H,16,17). The number of nitrogens with zero attached hydrogens (tertiary/aromatic N) is 1. The van der Waals surface area contributed by atoms with E-state index in [2.05, 4.69) is 0 Å². The second kappa shape index (κ2) is 5.95. The zero-order chi connectivity index (χ0) is 13.0. The third-order valence-corrected chi connectivity index (χ3v) is 3.12. The number of hydrogen-bond donors (Lipinski definition) is 2. The predicted octanol–water partition coefficient (Wildman–Crippen LogP) is 0.464. The van der Waals surface area contributed by atoms with E-state index in [0.717, 1.165) is 11.1 Å². The lowest BCUT2D eigenvalue weighted by atomic mass is 10.1. The fourth-order valence-corrected chi connectivity index (χ4v) is 2.04. The van der Waals surface area contributed by atoms with Crippen LogP contribution in [0.1, 0.15) is 11.1 Å². The molecule has 98 valence electrons. The molecule has 0 amide bonds. The maximum Gasteiger partial charge on any atom is 0.323 e. The Hall–Kier alpha value is -1.43. The molecule has 0 aliphatic carbocycles. The van der Waals surface area contributed by atoms with Gasteiger partial charge in [0.05, 0.1) is 19.8 Å². The highest BCUT2D eigenvalue weighted by Crippen LogP contribution is 2.13. The van der Waals surface area contributed by atoms with Crippen LogP contribution in [0.5, 0.6) is 0 Å². The minimum Gasteiger partial charge on any atom is -0.480 e. The topological polar surface area (TPSA) is 70.0 Å². The van der Waals surface area contributed by atoms with Crippen molar-refractivity contribution in [1.29, 1.82) is 0 Å². The van der Waals surface area contributed by atoms with Gasteiger partial charge in [-0.2, -0.15) is 0 Å². The van der Waals surface area contributed by atoms with Gasteiger partial charge in [0.25, 0.3) is 0 Å². The highest BCUT2D eigenvalue weighted by atomic mass is 16.5. The van der Waals surface area contributed by atoms with E-state index in [1.54, 1.807) is 0 Å². The van der Waals surface area contributed by atoms with E-state index in [0.29, 0.717) is 19.7 Å². The smallest absolute Gasteiger partial charge is 0.323 e. The molecular weight excluding hydrogens is 234 g/mol. The number of carbonyl (C=O) groups is 1. The molecule has 1 aliphatic heterocycles. The van der Waals surface area contributed by atoms with E-state index in [9.17, 15) is 4.79 Å². The minimum atomic E-state index is -0.846. The molecule has 2 rings (SSSR count). The van der Waals surface area contributed by atoms with Gasteiger partial charge in [-0.1, -0.05) is 24.3 Å². The third kappa shape index (κ3) is 3.07. The molecule has 2 N–H and O–H groups in total. The van der Waals surface area contributed by atoms with E-state index in [-0.39, 0.29) is 13.2 Å². The number of hydrogen-bond acceptors (Lipinski definition) is 4. The first-order chi connectivity index (χ1) is 8.70. The SMILES string of the molecule is O=C(O)C1COCCN1Cc1ccc(CO)cc1. The lowest BCUT2D eigenvalue weighted by molar-refractivity contribution is -0.150. The number of morpholine rings is 1. The summed E-state index contributed by atoms with van der Waals surface area (Å²) in [7, 11) is 0. The molecule has 18 heavy (non-hydrogen) atoms. The minimum absolute atomic E-state index is 0.0234. The van der Waals surface area contributed by atoms with Crippen LogP contribution in [0.2, 0.25) is 0 Å². The quantitative estimate of drug-likeness (QED) is 0.813. The number of aliphatic hydroxyl groups is 1. The van der Waals surface area contributed by atoms with Gasteiger partial charge in [-0.15, -0.1) is 0 Å². The van der Waals surface area contributed by atoms with Gasteiger partial charge in [-0.25, -0.2) is 0 Å². The Balaban J connectivity index is 2.03. The zero-order valence-corrected chi connectivity index (χ0v) is 10.1. The van der Waals surface area contributed by atoms with Gasteiger partial charge in [0.15, 0.2) is 0 Å². The summed E-state index contributed by atoms with van der Waals surface area (Å²) in [5.74, 6) is -0.846. The second-order valence-corrected chi connectivity index (χ2v) is 4.37. The summed E-state index contributed by atoms with van der Waals surface area (Å²) in [5, 5.41) is 18.1. The van der Waals surface area contributed by atoms with E-state index >= 15 is 0 Å². The number of carboxylic acid groups (broad SMARTS) is 1. The molecule has 0 radical (unpaired) electrons. The van der Waals surface area contributed by atoms with Gasteiger partial charge < -0.3 is 14.9 Å². The Morgan fingerprint density at radius 3 is 2.61 bits per heavy atom. The molecule has 1 unspecified atom stereocenters. The van der Waals surface area contributed by atoms with Crippen LogP contribution in [0.4, 0.5) is 0 Å². The molecule has 0 saturated carbocycles. The molecule has 1 fully saturated rings. The van der Waals surface area contributed by atoms with Crippen LogP contribution in [0.15, 0.2) is 24.3 Å². The van der Waals surface area contributed by atoms with E-state index in [4.69, 9.17) is 14.9 Å². The van der Waals surface area contributed by atoms with Crippen molar-refractivity contribution in [2.45, 2.75) is 19.2 Å². The van der Waals surface area contributed by atoms with Crippen molar-refractivity contribution in [3.8, 4) is 0 Å². The van der Waals surface area contributed by atoms with Gasteiger partial charge in [0.2, 0.25) is 0 Å². The molecule has 1 atom stereocenters. The molecule has 1 aromatic carbocycles. The van der Waals surface area contributed by atoms with E-state index < -0.39 is 12.0 Å². The molecule has 0 aromatic heterocycles. The summed E-state index contributed by atoms with van der Waals surface area (Å²) < 4.78 is 5.19. The number of carboxylic acids is 1. The van der Waals surface area contributed by atoms with Crippen molar-refractivity contribution < 1.29 is 19.7 Å². The van der Waals surface area contributed by atoms with Gasteiger partial charge in [-0.3, -0.25) is 9.69 Å². The van der Waals surface area contributed by atoms with E-state index in [1.807, 2.05) is 29.2 Å². The summed E-state index contributed by atoms with van der Waals surface area (Å²) in [4.78, 5) is 13.0. The maximum absolute atomic E-state index is 11.1. The summed E-state index contributed by atoms with van der Waals surface area (Å²) in [6, 6.07) is 6.97. The van der Waals surface area contributed by atoms with Crippen molar-refractivity contribution in [2.24, 2.45) is 0 Å². The Labute approximate surface area is 106 Å². The summed E-state index contributed by atoms with van der Waals surface area (Å²) in [5.41, 5.74) is 1.90. The lowest BCUT2D eigenvalue weighted by Gasteiger charge is -2.32. The lowest BCUT2D eigenvalue weighted by Crippen LogP contribution is -2.49. The fraction of sp³-hybridized carbons (Fsp3) is 0.462. The Kier molecular flexibility index (Phi) is 4.30. The first kappa shape index (κ1) is 13.0. The van der Waals surface area contributed by atoms with Crippen molar-refractivity contribution in [3.05, 3.63) is 35.4 Å². The first-order valence-corrected chi connectivity index (χ1v) is 5.94. The van der Waals surface area contributed by atoms with Crippen LogP contribution in [-0.4, -0.2) is 46.9 Å². The molecule has 0 bridgehead atoms. The number of benzene rings is 1. The molecular formula is C13H17NO4. The van der Waals surface area contributed by atoms with Crippen LogP contribution in [0.3, 0.4) is 0 Å². The molecule has 1 aromatic rings. The van der Waals surface area contributed by atoms with Crippen LogP contribution in [0, 0.1) is 0 Å². The van der Waals surface area contributed by atoms with Crippen LogP contribution in [0.25, 0.3) is 0 Å². The van der Waals surface area contributed by atoms with E-state index in [1.165, 1.54) is 0 Å². The third-order valence-electron chi connectivity index (χ3n) is 3.12. The van der Waals surface area contributed by atoms with Gasteiger partial charge in [0.1, 0.15) is 6.04 Å². The van der Waals surface area contributed by atoms with Gasteiger partial charge in [-0.05, 0) is 11.1 Å². The molecule has 0 spiro atoms. The van der Waals surface area contributed by atoms with Crippen LogP contribution in [-0.2, 0) is 22.7 Å². The molecule has 1 aliphatic rings. The van der Waals surface area contributed by atoms with Crippen molar-refractivity contribution in [2.75, 3.05) is 19.8 Å². The average molecular weight is 251 g/mol. The maximum atomic E-state index is 11.1. The average Bonchev–Trinajstić information content (AvgIpc) is 2.40. The second-order valence-electron chi connectivity index (χ2n) is 4.37. The van der Waals surface area contributed by atoms with Crippen LogP contribution < -0.4 is 0 Å². The van der Waals surface area contributed by atoms with Gasteiger partial charge >= 0.3 is 5.97 Å².